The van der Waals surface area contributed by atoms with Crippen LogP contribution in [0.3, 0.4) is 0 Å². The van der Waals surface area contributed by atoms with Crippen LogP contribution in [0.15, 0.2) is 60.7 Å². The molecule has 2 rings (SSSR count). The molecule has 0 fully saturated rings. The van der Waals surface area contributed by atoms with Crippen molar-refractivity contribution < 1.29 is 14.7 Å². The summed E-state index contributed by atoms with van der Waals surface area (Å²) in [6.45, 7) is 3.94. The number of hydrogen-bond donors (Lipinski definition) is 3. The van der Waals surface area contributed by atoms with Crippen LogP contribution in [-0.2, 0) is 11.2 Å². The molecule has 2 amide bonds. The molecule has 2 aromatic rings. The molecule has 27 heavy (non-hydrogen) atoms. The van der Waals surface area contributed by atoms with Crippen molar-refractivity contribution in [2.45, 2.75) is 38.8 Å². The average molecular weight is 368 g/mol. The first-order valence-electron chi connectivity index (χ1n) is 9.30. The summed E-state index contributed by atoms with van der Waals surface area (Å²) in [5.41, 5.74) is 1.46. The zero-order valence-electron chi connectivity index (χ0n) is 15.9. The number of benzene rings is 2. The van der Waals surface area contributed by atoms with Gasteiger partial charge in [-0.3, -0.25) is 9.59 Å². The van der Waals surface area contributed by atoms with Gasteiger partial charge in [0.1, 0.15) is 6.04 Å². The van der Waals surface area contributed by atoms with Gasteiger partial charge in [-0.15, -0.1) is 0 Å². The highest BCUT2D eigenvalue weighted by Gasteiger charge is 2.24. The predicted octanol–water partition coefficient (Wildman–Crippen LogP) is 2.55. The van der Waals surface area contributed by atoms with Crippen LogP contribution in [0.4, 0.5) is 0 Å². The second-order valence-electron chi connectivity index (χ2n) is 7.10. The van der Waals surface area contributed by atoms with E-state index in [2.05, 4.69) is 10.6 Å². The molecular formula is C22H28N2O3. The molecule has 0 aliphatic heterocycles. The van der Waals surface area contributed by atoms with E-state index in [0.29, 0.717) is 24.3 Å². The van der Waals surface area contributed by atoms with Gasteiger partial charge >= 0.3 is 0 Å². The summed E-state index contributed by atoms with van der Waals surface area (Å²) >= 11 is 0. The minimum absolute atomic E-state index is 0.130. The van der Waals surface area contributed by atoms with E-state index in [4.69, 9.17) is 0 Å². The zero-order chi connectivity index (χ0) is 19.6. The zero-order valence-corrected chi connectivity index (χ0v) is 15.9. The van der Waals surface area contributed by atoms with Crippen molar-refractivity contribution in [3.8, 4) is 0 Å². The first-order valence-corrected chi connectivity index (χ1v) is 9.30. The molecule has 0 heterocycles. The normalized spacial score (nSPS) is 13.0. The van der Waals surface area contributed by atoms with Gasteiger partial charge in [-0.25, -0.2) is 0 Å². The van der Waals surface area contributed by atoms with Gasteiger partial charge in [0, 0.05) is 12.0 Å². The van der Waals surface area contributed by atoms with Gasteiger partial charge in [0.05, 0.1) is 12.6 Å². The van der Waals surface area contributed by atoms with Crippen LogP contribution >= 0.6 is 0 Å². The quantitative estimate of drug-likeness (QED) is 0.636. The first-order chi connectivity index (χ1) is 13.0. The lowest BCUT2D eigenvalue weighted by Gasteiger charge is -2.23. The maximum atomic E-state index is 12.8. The van der Waals surface area contributed by atoms with Crippen LogP contribution < -0.4 is 10.6 Å². The number of aliphatic hydroxyl groups is 1. The maximum Gasteiger partial charge on any atom is 0.251 e. The SMILES string of the molecule is CC(C)CC(CO)NC(=O)[C@H](Cc1ccccc1)NC(=O)c1ccccc1. The van der Waals surface area contributed by atoms with Crippen LogP contribution in [0, 0.1) is 5.92 Å². The van der Waals surface area contributed by atoms with E-state index in [9.17, 15) is 14.7 Å². The Bertz CT molecular complexity index is 717. The molecular weight excluding hydrogens is 340 g/mol. The van der Waals surface area contributed by atoms with E-state index >= 15 is 0 Å². The molecule has 144 valence electrons. The molecule has 3 N–H and O–H groups in total. The van der Waals surface area contributed by atoms with E-state index in [1.54, 1.807) is 24.3 Å². The fourth-order valence-electron chi connectivity index (χ4n) is 2.94. The van der Waals surface area contributed by atoms with Gasteiger partial charge in [-0.05, 0) is 30.0 Å². The number of hydrogen-bond acceptors (Lipinski definition) is 3. The third kappa shape index (κ3) is 6.87. The number of nitrogens with one attached hydrogen (secondary N) is 2. The van der Waals surface area contributed by atoms with Crippen molar-refractivity contribution in [2.75, 3.05) is 6.61 Å². The molecule has 0 radical (unpaired) electrons. The maximum absolute atomic E-state index is 12.8. The first kappa shape index (κ1) is 20.6. The molecule has 0 aliphatic carbocycles. The Hall–Kier alpha value is -2.66. The number of amides is 2. The highest BCUT2D eigenvalue weighted by molar-refractivity contribution is 5.97. The molecule has 1 unspecified atom stereocenters. The Balaban J connectivity index is 2.13. The standard InChI is InChI=1S/C22H28N2O3/c1-16(2)13-19(15-25)23-22(27)20(14-17-9-5-3-6-10-17)24-21(26)18-11-7-4-8-12-18/h3-12,16,19-20,25H,13-15H2,1-2H3,(H,23,27)(H,24,26)/t19?,20-/m0/s1. The van der Waals surface area contributed by atoms with Gasteiger partial charge in [-0.1, -0.05) is 62.4 Å². The highest BCUT2D eigenvalue weighted by atomic mass is 16.3. The summed E-state index contributed by atoms with van der Waals surface area (Å²) in [6, 6.07) is 17.3. The smallest absolute Gasteiger partial charge is 0.251 e. The lowest BCUT2D eigenvalue weighted by atomic mass is 10.0. The molecule has 5 heteroatoms. The van der Waals surface area contributed by atoms with Gasteiger partial charge in [0.15, 0.2) is 0 Å². The Morgan fingerprint density at radius 3 is 2.07 bits per heavy atom. The minimum atomic E-state index is -0.721. The van der Waals surface area contributed by atoms with E-state index in [1.807, 2.05) is 50.2 Å². The summed E-state index contributed by atoms with van der Waals surface area (Å²) in [7, 11) is 0. The van der Waals surface area contributed by atoms with E-state index in [0.717, 1.165) is 5.56 Å². The van der Waals surface area contributed by atoms with Gasteiger partial charge in [0.2, 0.25) is 5.91 Å². The molecule has 0 aliphatic rings. The van der Waals surface area contributed by atoms with Gasteiger partial charge < -0.3 is 15.7 Å². The summed E-state index contributed by atoms with van der Waals surface area (Å²) < 4.78 is 0. The van der Waals surface area contributed by atoms with Crippen LogP contribution in [-0.4, -0.2) is 35.6 Å². The molecule has 2 atom stereocenters. The van der Waals surface area contributed by atoms with Crippen LogP contribution in [0.5, 0.6) is 0 Å². The molecule has 0 spiro atoms. The van der Waals surface area contributed by atoms with Crippen LogP contribution in [0.25, 0.3) is 0 Å². The molecule has 0 saturated heterocycles. The number of carbonyl (C=O) groups excluding carboxylic acids is 2. The summed E-state index contributed by atoms with van der Waals surface area (Å²) in [5, 5.41) is 15.3. The summed E-state index contributed by atoms with van der Waals surface area (Å²) in [6.07, 6.45) is 1.05. The highest BCUT2D eigenvalue weighted by Crippen LogP contribution is 2.08. The van der Waals surface area contributed by atoms with Crippen molar-refractivity contribution in [2.24, 2.45) is 5.92 Å². The second-order valence-corrected chi connectivity index (χ2v) is 7.10. The fourth-order valence-corrected chi connectivity index (χ4v) is 2.94. The van der Waals surface area contributed by atoms with Crippen molar-refractivity contribution in [1.29, 1.82) is 0 Å². The predicted molar refractivity (Wildman–Crippen MR) is 106 cm³/mol. The molecule has 0 saturated carbocycles. The topological polar surface area (TPSA) is 78.4 Å². The lowest BCUT2D eigenvalue weighted by molar-refractivity contribution is -0.124. The largest absolute Gasteiger partial charge is 0.394 e. The second kappa shape index (κ2) is 10.5. The van der Waals surface area contributed by atoms with E-state index in [-0.39, 0.29) is 24.5 Å². The minimum Gasteiger partial charge on any atom is -0.394 e. The van der Waals surface area contributed by atoms with Crippen molar-refractivity contribution >= 4 is 11.8 Å². The number of carbonyl (C=O) groups is 2. The molecule has 5 nitrogen and oxygen atoms in total. The van der Waals surface area contributed by atoms with Gasteiger partial charge in [-0.2, -0.15) is 0 Å². The van der Waals surface area contributed by atoms with E-state index < -0.39 is 6.04 Å². The van der Waals surface area contributed by atoms with Crippen molar-refractivity contribution in [3.05, 3.63) is 71.8 Å². The number of rotatable bonds is 9. The summed E-state index contributed by atoms with van der Waals surface area (Å²) in [5.74, 6) is -0.243. The lowest BCUT2D eigenvalue weighted by Crippen LogP contribution is -2.51. The molecule has 0 bridgehead atoms. The van der Waals surface area contributed by atoms with Crippen LogP contribution in [0.2, 0.25) is 0 Å². The third-order valence-electron chi connectivity index (χ3n) is 4.26. The molecule has 0 aromatic heterocycles. The Morgan fingerprint density at radius 2 is 1.52 bits per heavy atom. The van der Waals surface area contributed by atoms with Crippen LogP contribution in [0.1, 0.15) is 36.2 Å². The molecule has 2 aromatic carbocycles. The Labute approximate surface area is 160 Å². The third-order valence-corrected chi connectivity index (χ3v) is 4.26. The fraction of sp³-hybridized carbons (Fsp3) is 0.364. The monoisotopic (exact) mass is 368 g/mol. The van der Waals surface area contributed by atoms with Crippen molar-refractivity contribution in [3.63, 3.8) is 0 Å². The summed E-state index contributed by atoms with van der Waals surface area (Å²) in [4.78, 5) is 25.4. The average Bonchev–Trinajstić information content (AvgIpc) is 2.68. The Morgan fingerprint density at radius 1 is 0.926 bits per heavy atom. The number of aliphatic hydroxyl groups excluding tert-OH is 1. The van der Waals surface area contributed by atoms with E-state index in [1.165, 1.54) is 0 Å². The van der Waals surface area contributed by atoms with Crippen molar-refractivity contribution in [1.82, 2.24) is 10.6 Å². The Kier molecular flexibility index (Phi) is 8.01. The van der Waals surface area contributed by atoms with Gasteiger partial charge in [0.25, 0.3) is 5.91 Å².